The number of aromatic nitrogens is 4. The van der Waals surface area contributed by atoms with E-state index < -0.39 is 58.2 Å². The van der Waals surface area contributed by atoms with E-state index in [1.54, 1.807) is 39.2 Å². The highest BCUT2D eigenvalue weighted by Gasteiger charge is 2.29. The van der Waals surface area contributed by atoms with Crippen LogP contribution in [0.25, 0.3) is 11.2 Å². The van der Waals surface area contributed by atoms with Gasteiger partial charge in [0.1, 0.15) is 12.7 Å². The first kappa shape index (κ1) is 29.0. The molecule has 0 aliphatic heterocycles. The van der Waals surface area contributed by atoms with E-state index in [1.807, 2.05) is 0 Å². The summed E-state index contributed by atoms with van der Waals surface area (Å²) in [6.07, 6.45) is -1.69. The summed E-state index contributed by atoms with van der Waals surface area (Å²) in [7, 11) is -4.10. The van der Waals surface area contributed by atoms with Crippen molar-refractivity contribution in [2.45, 2.75) is 59.5 Å². The predicted octanol–water partition coefficient (Wildman–Crippen LogP) is 2.58. The van der Waals surface area contributed by atoms with E-state index >= 15 is 0 Å². The molecule has 2 aromatic rings. The molecule has 0 aromatic carbocycles. The zero-order valence-corrected chi connectivity index (χ0v) is 21.4. The van der Waals surface area contributed by atoms with Gasteiger partial charge < -0.3 is 33.5 Å². The fraction of sp³-hybridized carbons (Fsp3) is 0.632. The molecule has 0 bridgehead atoms. The molecule has 16 nitrogen and oxygen atoms in total. The lowest BCUT2D eigenvalue weighted by Gasteiger charge is -2.21. The molecule has 0 unspecified atom stereocenters. The SMILES string of the molecule is CC(C)OC(=O)OCOP(=O)(CO[C@H](C)Cn1cnc2c(=N)n(O)cnc21)OCOC(=O)OC(C)C. The van der Waals surface area contributed by atoms with Gasteiger partial charge in [0.25, 0.3) is 0 Å². The Bertz CT molecular complexity index is 1100. The van der Waals surface area contributed by atoms with Crippen LogP contribution in [0.2, 0.25) is 0 Å². The number of carbonyl (C=O) groups excluding carboxylic acids is 2. The summed E-state index contributed by atoms with van der Waals surface area (Å²) in [6, 6.07) is 0. The van der Waals surface area contributed by atoms with Crippen molar-refractivity contribution in [1.82, 2.24) is 19.3 Å². The summed E-state index contributed by atoms with van der Waals surface area (Å²) in [5.74, 6) is 0. The average Bonchev–Trinajstić information content (AvgIpc) is 3.17. The first-order valence-electron chi connectivity index (χ1n) is 10.7. The second-order valence-electron chi connectivity index (χ2n) is 7.84. The maximum absolute atomic E-state index is 13.1. The van der Waals surface area contributed by atoms with E-state index in [0.29, 0.717) is 10.4 Å². The Morgan fingerprint density at radius 1 is 1.00 bits per heavy atom. The number of carbonyl (C=O) groups is 2. The van der Waals surface area contributed by atoms with Gasteiger partial charge in [0.05, 0.1) is 31.2 Å². The Labute approximate surface area is 206 Å². The van der Waals surface area contributed by atoms with Crippen LogP contribution in [0.4, 0.5) is 9.59 Å². The predicted molar refractivity (Wildman–Crippen MR) is 119 cm³/mol. The molecule has 0 aliphatic rings. The number of hydrogen-bond donors (Lipinski definition) is 2. The van der Waals surface area contributed by atoms with Gasteiger partial charge in [0.15, 0.2) is 16.7 Å². The van der Waals surface area contributed by atoms with Crippen molar-refractivity contribution in [2.24, 2.45) is 0 Å². The van der Waals surface area contributed by atoms with E-state index in [-0.39, 0.29) is 17.5 Å². The fourth-order valence-electron chi connectivity index (χ4n) is 2.51. The smallest absolute Gasteiger partial charge is 0.432 e. The van der Waals surface area contributed by atoms with Crippen LogP contribution in [0.1, 0.15) is 34.6 Å². The largest absolute Gasteiger partial charge is 0.510 e. The molecule has 0 saturated carbocycles. The second kappa shape index (κ2) is 13.2. The van der Waals surface area contributed by atoms with Gasteiger partial charge >= 0.3 is 19.9 Å². The standard InChI is InChI=1S/C19H30N5O11P/c1-12(2)34-18(25)29-9-32-36(28,33-10-30-19(26)35-13(3)4)11-31-14(5)6-23-7-21-15-16(20)24(27)8-22-17(15)23/h7-8,12-14,20,27H,6,9-11H2,1-5H3/t14-/m1/s1. The van der Waals surface area contributed by atoms with Crippen LogP contribution in [-0.2, 0) is 43.8 Å². The van der Waals surface area contributed by atoms with Gasteiger partial charge in [0, 0.05) is 0 Å². The van der Waals surface area contributed by atoms with E-state index in [2.05, 4.69) is 9.97 Å². The van der Waals surface area contributed by atoms with Crippen LogP contribution >= 0.6 is 7.60 Å². The van der Waals surface area contributed by atoms with Crippen molar-refractivity contribution in [3.8, 4) is 0 Å². The minimum absolute atomic E-state index is 0.167. The van der Waals surface area contributed by atoms with Crippen molar-refractivity contribution < 1.29 is 52.1 Å². The van der Waals surface area contributed by atoms with Crippen LogP contribution in [0.15, 0.2) is 12.7 Å². The molecule has 36 heavy (non-hydrogen) atoms. The third-order valence-corrected chi connectivity index (χ3v) is 5.50. The van der Waals surface area contributed by atoms with Crippen LogP contribution in [0.3, 0.4) is 0 Å². The molecule has 0 radical (unpaired) electrons. The summed E-state index contributed by atoms with van der Waals surface area (Å²) in [5, 5.41) is 17.4. The highest BCUT2D eigenvalue weighted by atomic mass is 31.2. The van der Waals surface area contributed by atoms with Gasteiger partial charge in [-0.2, -0.15) is 4.73 Å². The number of rotatable bonds is 13. The lowest BCUT2D eigenvalue weighted by molar-refractivity contribution is -0.0369. The molecule has 0 aliphatic carbocycles. The van der Waals surface area contributed by atoms with E-state index in [9.17, 15) is 19.4 Å². The van der Waals surface area contributed by atoms with Crippen molar-refractivity contribution in [2.75, 3.05) is 19.9 Å². The van der Waals surface area contributed by atoms with Crippen molar-refractivity contribution in [3.63, 3.8) is 0 Å². The third-order valence-electron chi connectivity index (χ3n) is 4.04. The van der Waals surface area contributed by atoms with E-state index in [1.165, 1.54) is 6.33 Å². The second-order valence-corrected chi connectivity index (χ2v) is 9.84. The number of imidazole rings is 1. The molecule has 0 spiro atoms. The molecule has 2 heterocycles. The molecule has 2 N–H and O–H groups in total. The maximum Gasteiger partial charge on any atom is 0.510 e. The Balaban J connectivity index is 1.98. The molecular formula is C19H30N5O11P. The van der Waals surface area contributed by atoms with Gasteiger partial charge in [-0.3, -0.25) is 19.0 Å². The summed E-state index contributed by atoms with van der Waals surface area (Å²) in [4.78, 5) is 31.1. The Morgan fingerprint density at radius 2 is 1.56 bits per heavy atom. The van der Waals surface area contributed by atoms with Gasteiger partial charge in [-0.25, -0.2) is 19.6 Å². The highest BCUT2D eigenvalue weighted by molar-refractivity contribution is 7.53. The van der Waals surface area contributed by atoms with Gasteiger partial charge in [0.2, 0.25) is 13.6 Å². The highest BCUT2D eigenvalue weighted by Crippen LogP contribution is 2.48. The minimum atomic E-state index is -4.10. The normalized spacial score (nSPS) is 12.6. The number of hydrogen-bond acceptors (Lipinski definition) is 14. The average molecular weight is 535 g/mol. The number of fused-ring (bicyclic) bond motifs is 1. The molecule has 0 amide bonds. The fourth-order valence-corrected chi connectivity index (χ4v) is 3.60. The monoisotopic (exact) mass is 535 g/mol. The lowest BCUT2D eigenvalue weighted by atomic mass is 10.4. The molecule has 2 rings (SSSR count). The van der Waals surface area contributed by atoms with Crippen LogP contribution in [-0.4, -0.2) is 75.0 Å². The molecule has 202 valence electrons. The first-order valence-corrected chi connectivity index (χ1v) is 12.5. The van der Waals surface area contributed by atoms with Crippen molar-refractivity contribution in [3.05, 3.63) is 18.1 Å². The topological polar surface area (TPSA) is 196 Å². The summed E-state index contributed by atoms with van der Waals surface area (Å²) >= 11 is 0. The molecule has 17 heteroatoms. The minimum Gasteiger partial charge on any atom is -0.432 e. The van der Waals surface area contributed by atoms with Crippen LogP contribution in [0, 0.1) is 5.41 Å². The zero-order valence-electron chi connectivity index (χ0n) is 20.5. The lowest BCUT2D eigenvalue weighted by Crippen LogP contribution is -2.21. The number of ether oxygens (including phenoxy) is 5. The van der Waals surface area contributed by atoms with Gasteiger partial charge in [-0.15, -0.1) is 0 Å². The quantitative estimate of drug-likeness (QED) is 0.164. The van der Waals surface area contributed by atoms with Gasteiger partial charge in [-0.1, -0.05) is 0 Å². The molecule has 2 aromatic heterocycles. The molecular weight excluding hydrogens is 505 g/mol. The Hall–Kier alpha value is -3.20. The van der Waals surface area contributed by atoms with Crippen molar-refractivity contribution >= 4 is 31.1 Å². The maximum atomic E-state index is 13.1. The summed E-state index contributed by atoms with van der Waals surface area (Å²) in [6.45, 7) is 6.73. The van der Waals surface area contributed by atoms with E-state index in [4.69, 9.17) is 38.1 Å². The van der Waals surface area contributed by atoms with Gasteiger partial charge in [-0.05, 0) is 34.6 Å². The Kier molecular flexibility index (Phi) is 10.6. The van der Waals surface area contributed by atoms with Crippen LogP contribution < -0.4 is 5.49 Å². The first-order chi connectivity index (χ1) is 16.9. The zero-order chi connectivity index (χ0) is 26.9. The Morgan fingerprint density at radius 3 is 2.08 bits per heavy atom. The number of nitrogens with zero attached hydrogens (tertiary/aromatic N) is 4. The van der Waals surface area contributed by atoms with Crippen LogP contribution in [0.5, 0.6) is 0 Å². The molecule has 1 atom stereocenters. The molecule has 0 saturated heterocycles. The third kappa shape index (κ3) is 9.11. The van der Waals surface area contributed by atoms with E-state index in [0.717, 1.165) is 6.33 Å². The molecule has 0 fully saturated rings. The summed E-state index contributed by atoms with van der Waals surface area (Å²) < 4.78 is 50.0. The van der Waals surface area contributed by atoms with Crippen molar-refractivity contribution in [1.29, 1.82) is 5.41 Å². The summed E-state index contributed by atoms with van der Waals surface area (Å²) in [5.41, 5.74) is 0.247. The number of nitrogens with one attached hydrogen (secondary N) is 1.